The average molecular weight is 341 g/mol. The molecule has 0 spiro atoms. The first-order valence-electron chi connectivity index (χ1n) is 6.65. The molecule has 1 aliphatic rings. The molecule has 0 N–H and O–H groups in total. The summed E-state index contributed by atoms with van der Waals surface area (Å²) in [6.45, 7) is 0. The van der Waals surface area contributed by atoms with Gasteiger partial charge >= 0.3 is 5.97 Å². The van der Waals surface area contributed by atoms with Crippen molar-refractivity contribution >= 4 is 28.0 Å². The summed E-state index contributed by atoms with van der Waals surface area (Å²) < 4.78 is 6.30. The van der Waals surface area contributed by atoms with Crippen LogP contribution in [0.1, 0.15) is 11.1 Å². The fourth-order valence-electron chi connectivity index (χ4n) is 2.20. The lowest BCUT2D eigenvalue weighted by molar-refractivity contribution is -0.133. The highest BCUT2D eigenvalue weighted by molar-refractivity contribution is 9.10. The Morgan fingerprint density at radius 2 is 1.86 bits per heavy atom. The Morgan fingerprint density at radius 1 is 1.05 bits per heavy atom. The van der Waals surface area contributed by atoms with Crippen molar-refractivity contribution in [2.24, 2.45) is 0 Å². The lowest BCUT2D eigenvalue weighted by Gasteiger charge is -1.99. The largest absolute Gasteiger partial charge is 0.423 e. The molecule has 3 heteroatoms. The summed E-state index contributed by atoms with van der Waals surface area (Å²) in [6.07, 6.45) is 4.27. The summed E-state index contributed by atoms with van der Waals surface area (Å²) in [5, 5.41) is 0. The second kappa shape index (κ2) is 6.10. The molecule has 0 saturated carbocycles. The van der Waals surface area contributed by atoms with Crippen molar-refractivity contribution in [2.75, 3.05) is 0 Å². The van der Waals surface area contributed by atoms with E-state index in [1.807, 2.05) is 66.7 Å². The molecule has 1 aliphatic heterocycles. The third-order valence-corrected chi connectivity index (χ3v) is 3.68. The molecule has 3 rings (SSSR count). The normalized spacial score (nSPS) is 16.0. The van der Waals surface area contributed by atoms with Gasteiger partial charge in [0.05, 0.1) is 0 Å². The predicted molar refractivity (Wildman–Crippen MR) is 86.4 cm³/mol. The van der Waals surface area contributed by atoms with Gasteiger partial charge in [-0.05, 0) is 35.4 Å². The zero-order valence-corrected chi connectivity index (χ0v) is 12.8. The molecule has 2 aromatic rings. The van der Waals surface area contributed by atoms with Crippen molar-refractivity contribution in [3.63, 3.8) is 0 Å². The third-order valence-electron chi connectivity index (χ3n) is 3.18. The van der Waals surface area contributed by atoms with Crippen LogP contribution in [-0.4, -0.2) is 5.97 Å². The monoisotopic (exact) mass is 340 g/mol. The van der Waals surface area contributed by atoms with E-state index >= 15 is 0 Å². The highest BCUT2D eigenvalue weighted by Crippen LogP contribution is 2.23. The summed E-state index contributed by atoms with van der Waals surface area (Å²) >= 11 is 3.43. The van der Waals surface area contributed by atoms with E-state index in [4.69, 9.17) is 4.74 Å². The summed E-state index contributed by atoms with van der Waals surface area (Å²) in [7, 11) is 0. The van der Waals surface area contributed by atoms with Crippen LogP contribution in [0, 0.1) is 0 Å². The first-order valence-corrected chi connectivity index (χ1v) is 7.44. The molecule has 0 fully saturated rings. The summed E-state index contributed by atoms with van der Waals surface area (Å²) in [5.74, 6) is 0.323. The molecule has 1 heterocycles. The number of halogens is 1. The van der Waals surface area contributed by atoms with Gasteiger partial charge in [-0.3, -0.25) is 0 Å². The first kappa shape index (κ1) is 13.8. The van der Waals surface area contributed by atoms with Gasteiger partial charge in [-0.25, -0.2) is 4.79 Å². The van der Waals surface area contributed by atoms with Crippen LogP contribution in [0.15, 0.2) is 76.5 Å². The van der Waals surface area contributed by atoms with Crippen molar-refractivity contribution in [3.05, 3.63) is 87.6 Å². The molecule has 0 saturated heterocycles. The quantitative estimate of drug-likeness (QED) is 0.768. The van der Waals surface area contributed by atoms with E-state index in [9.17, 15) is 4.79 Å². The van der Waals surface area contributed by atoms with Crippen LogP contribution in [0.5, 0.6) is 0 Å². The first-order chi connectivity index (χ1) is 10.2. The maximum absolute atomic E-state index is 11.9. The van der Waals surface area contributed by atoms with Crippen LogP contribution in [0.3, 0.4) is 0 Å². The Morgan fingerprint density at radius 3 is 2.62 bits per heavy atom. The summed E-state index contributed by atoms with van der Waals surface area (Å²) in [5.41, 5.74) is 2.77. The molecule has 0 aliphatic carbocycles. The number of ether oxygens (including phenoxy) is 1. The van der Waals surface area contributed by atoms with Crippen molar-refractivity contribution in [2.45, 2.75) is 6.42 Å². The average Bonchev–Trinajstić information content (AvgIpc) is 2.80. The second-order valence-electron chi connectivity index (χ2n) is 4.82. The molecule has 0 unspecified atom stereocenters. The number of cyclic esters (lactones) is 1. The number of hydrogen-bond acceptors (Lipinski definition) is 2. The topological polar surface area (TPSA) is 26.3 Å². The number of benzene rings is 2. The molecule has 2 aromatic carbocycles. The number of hydrogen-bond donors (Lipinski definition) is 0. The van der Waals surface area contributed by atoms with Gasteiger partial charge in [-0.2, -0.15) is 0 Å². The molecule has 0 amide bonds. The fourth-order valence-corrected chi connectivity index (χ4v) is 2.62. The van der Waals surface area contributed by atoms with Gasteiger partial charge in [0.2, 0.25) is 0 Å². The minimum absolute atomic E-state index is 0.264. The Bertz CT molecular complexity index is 730. The van der Waals surface area contributed by atoms with E-state index in [1.165, 1.54) is 0 Å². The predicted octanol–water partition coefficient (Wildman–Crippen LogP) is 4.52. The number of esters is 1. The van der Waals surface area contributed by atoms with E-state index in [2.05, 4.69) is 15.9 Å². The zero-order chi connectivity index (χ0) is 14.7. The number of rotatable bonds is 3. The van der Waals surface area contributed by atoms with Crippen LogP contribution >= 0.6 is 15.9 Å². The van der Waals surface area contributed by atoms with Gasteiger partial charge in [0.15, 0.2) is 0 Å². The Hall–Kier alpha value is -2.13. The summed E-state index contributed by atoms with van der Waals surface area (Å²) in [6, 6.07) is 17.8. The highest BCUT2D eigenvalue weighted by atomic mass is 79.9. The van der Waals surface area contributed by atoms with Crippen LogP contribution < -0.4 is 0 Å². The van der Waals surface area contributed by atoms with E-state index in [-0.39, 0.29) is 5.97 Å². The molecule has 0 aromatic heterocycles. The molecule has 2 nitrogen and oxygen atoms in total. The van der Waals surface area contributed by atoms with E-state index in [1.54, 1.807) is 0 Å². The minimum atomic E-state index is -0.264. The van der Waals surface area contributed by atoms with Crippen molar-refractivity contribution in [1.29, 1.82) is 0 Å². The van der Waals surface area contributed by atoms with Crippen molar-refractivity contribution in [1.82, 2.24) is 0 Å². The number of allylic oxidation sites excluding steroid dienone is 1. The van der Waals surface area contributed by atoms with Gasteiger partial charge in [0, 0.05) is 16.5 Å². The minimum Gasteiger partial charge on any atom is -0.423 e. The Kier molecular flexibility index (Phi) is 4.02. The molecule has 0 atom stereocenters. The maximum Gasteiger partial charge on any atom is 0.339 e. The fraction of sp³-hybridized carbons (Fsp3) is 0.0556. The van der Waals surface area contributed by atoms with E-state index in [0.29, 0.717) is 17.8 Å². The van der Waals surface area contributed by atoms with Gasteiger partial charge in [-0.1, -0.05) is 58.4 Å². The van der Waals surface area contributed by atoms with Crippen molar-refractivity contribution in [3.8, 4) is 0 Å². The van der Waals surface area contributed by atoms with Gasteiger partial charge < -0.3 is 4.74 Å². The lowest BCUT2D eigenvalue weighted by Crippen LogP contribution is -2.01. The third kappa shape index (κ3) is 3.50. The standard InChI is InChI=1S/C18H13BrO2/c19-16-8-4-7-14(10-16)11-17-12-15(18(20)21-17)9-13-5-2-1-3-6-13/h1-8,10-12H,9H2/b17-11-. The maximum atomic E-state index is 11.9. The molecule has 0 radical (unpaired) electrons. The zero-order valence-electron chi connectivity index (χ0n) is 11.3. The molecule has 0 bridgehead atoms. The molecule has 21 heavy (non-hydrogen) atoms. The van der Waals surface area contributed by atoms with Crippen LogP contribution in [0.2, 0.25) is 0 Å². The smallest absolute Gasteiger partial charge is 0.339 e. The SMILES string of the molecule is O=C1O/C(=C\c2cccc(Br)c2)C=C1Cc1ccccc1. The lowest BCUT2D eigenvalue weighted by atomic mass is 10.1. The van der Waals surface area contributed by atoms with Crippen LogP contribution in [-0.2, 0) is 16.0 Å². The Labute approximate surface area is 131 Å². The molecule has 104 valence electrons. The van der Waals surface area contributed by atoms with Gasteiger partial charge in [-0.15, -0.1) is 0 Å². The van der Waals surface area contributed by atoms with Crippen molar-refractivity contribution < 1.29 is 9.53 Å². The second-order valence-corrected chi connectivity index (χ2v) is 5.74. The van der Waals surface area contributed by atoms with Gasteiger partial charge in [0.1, 0.15) is 5.76 Å². The van der Waals surface area contributed by atoms with Crippen LogP contribution in [0.4, 0.5) is 0 Å². The van der Waals surface area contributed by atoms with Crippen LogP contribution in [0.25, 0.3) is 6.08 Å². The summed E-state index contributed by atoms with van der Waals surface area (Å²) in [4.78, 5) is 11.9. The Balaban J connectivity index is 1.82. The number of carbonyl (C=O) groups is 1. The van der Waals surface area contributed by atoms with Gasteiger partial charge in [0.25, 0.3) is 0 Å². The molecular weight excluding hydrogens is 328 g/mol. The van der Waals surface area contributed by atoms with E-state index in [0.717, 1.165) is 15.6 Å². The molecular formula is C18H13BrO2. The highest BCUT2D eigenvalue weighted by Gasteiger charge is 2.21. The van der Waals surface area contributed by atoms with E-state index < -0.39 is 0 Å². The number of carbonyl (C=O) groups excluding carboxylic acids is 1.